The third kappa shape index (κ3) is 6.77. The van der Waals surface area contributed by atoms with Crippen molar-refractivity contribution < 1.29 is 14.3 Å². The molecule has 0 spiro atoms. The molecule has 2 heterocycles. The number of carbonyl (C=O) groups excluding carboxylic acids is 1. The Hall–Kier alpha value is -3.88. The van der Waals surface area contributed by atoms with E-state index >= 15 is 0 Å². The Labute approximate surface area is 230 Å². The highest BCUT2D eigenvalue weighted by atomic mass is 16.5. The first-order chi connectivity index (χ1) is 19.0. The van der Waals surface area contributed by atoms with E-state index in [1.54, 1.807) is 37.6 Å². The third-order valence-corrected chi connectivity index (χ3v) is 7.41. The van der Waals surface area contributed by atoms with Crippen molar-refractivity contribution >= 4 is 5.91 Å². The SMILES string of the molecule is COc1cc(CC2(N)C=CC=CC2NC(=O)c2ccc(OCCn3cccn3)cc2)ccc1CN1CCCC1. The van der Waals surface area contributed by atoms with Crippen LogP contribution in [0.1, 0.15) is 34.3 Å². The number of ether oxygens (including phenoxy) is 2. The van der Waals surface area contributed by atoms with Crippen molar-refractivity contribution in [1.29, 1.82) is 0 Å². The topological polar surface area (TPSA) is 94.6 Å². The first kappa shape index (κ1) is 26.7. The predicted octanol–water partition coefficient (Wildman–Crippen LogP) is 3.73. The number of hydrogen-bond donors (Lipinski definition) is 2. The molecule has 39 heavy (non-hydrogen) atoms. The highest BCUT2D eigenvalue weighted by molar-refractivity contribution is 5.94. The van der Waals surface area contributed by atoms with Crippen molar-refractivity contribution in [3.63, 3.8) is 0 Å². The molecule has 8 heteroatoms. The van der Waals surface area contributed by atoms with Crippen LogP contribution in [0.2, 0.25) is 0 Å². The number of aromatic nitrogens is 2. The highest BCUT2D eigenvalue weighted by Crippen LogP contribution is 2.28. The van der Waals surface area contributed by atoms with E-state index in [4.69, 9.17) is 15.2 Å². The molecule has 5 rings (SSSR count). The maximum atomic E-state index is 13.1. The Morgan fingerprint density at radius 2 is 1.97 bits per heavy atom. The molecule has 2 aliphatic rings. The van der Waals surface area contributed by atoms with Crippen molar-refractivity contribution in [2.45, 2.75) is 43.9 Å². The summed E-state index contributed by atoms with van der Waals surface area (Å²) >= 11 is 0. The summed E-state index contributed by atoms with van der Waals surface area (Å²) < 4.78 is 13.3. The first-order valence-corrected chi connectivity index (χ1v) is 13.6. The Morgan fingerprint density at radius 3 is 2.72 bits per heavy atom. The van der Waals surface area contributed by atoms with Gasteiger partial charge in [0.1, 0.15) is 18.1 Å². The number of methoxy groups -OCH3 is 1. The monoisotopic (exact) mass is 527 g/mol. The van der Waals surface area contributed by atoms with Gasteiger partial charge in [0.15, 0.2) is 0 Å². The van der Waals surface area contributed by atoms with Gasteiger partial charge in [-0.05, 0) is 74.3 Å². The van der Waals surface area contributed by atoms with E-state index in [1.807, 2.05) is 41.2 Å². The van der Waals surface area contributed by atoms with Gasteiger partial charge in [-0.2, -0.15) is 5.10 Å². The number of hydrogen-bond acceptors (Lipinski definition) is 6. The normalized spacial score (nSPS) is 20.7. The fraction of sp³-hybridized carbons (Fsp3) is 0.355. The number of benzene rings is 2. The van der Waals surface area contributed by atoms with Gasteiger partial charge in [-0.1, -0.05) is 36.4 Å². The molecule has 0 saturated carbocycles. The summed E-state index contributed by atoms with van der Waals surface area (Å²) in [6.45, 7) is 4.32. The summed E-state index contributed by atoms with van der Waals surface area (Å²) in [7, 11) is 1.72. The van der Waals surface area contributed by atoms with Gasteiger partial charge in [0.25, 0.3) is 5.91 Å². The second-order valence-electron chi connectivity index (χ2n) is 10.3. The van der Waals surface area contributed by atoms with Crippen molar-refractivity contribution in [2.75, 3.05) is 26.8 Å². The molecule has 1 aliphatic heterocycles. The molecular weight excluding hydrogens is 490 g/mol. The van der Waals surface area contributed by atoms with Crippen LogP contribution in [0.25, 0.3) is 0 Å². The Kier molecular flexibility index (Phi) is 8.44. The van der Waals surface area contributed by atoms with Crippen molar-refractivity contribution in [3.05, 3.63) is 102 Å². The highest BCUT2D eigenvalue weighted by Gasteiger charge is 2.34. The summed E-state index contributed by atoms with van der Waals surface area (Å²) in [4.78, 5) is 15.6. The van der Waals surface area contributed by atoms with E-state index in [-0.39, 0.29) is 11.9 Å². The molecule has 1 aromatic heterocycles. The van der Waals surface area contributed by atoms with Crippen LogP contribution in [0.15, 0.2) is 85.2 Å². The van der Waals surface area contributed by atoms with Crippen molar-refractivity contribution in [3.8, 4) is 11.5 Å². The number of likely N-dealkylation sites (tertiary alicyclic amines) is 1. The Balaban J connectivity index is 1.20. The van der Waals surface area contributed by atoms with E-state index in [0.29, 0.717) is 30.9 Å². The van der Waals surface area contributed by atoms with Crippen molar-refractivity contribution in [2.24, 2.45) is 5.73 Å². The minimum absolute atomic E-state index is 0.184. The number of allylic oxidation sites excluding steroid dienone is 2. The van der Waals surface area contributed by atoms with Crippen LogP contribution in [-0.2, 0) is 19.5 Å². The molecule has 0 bridgehead atoms. The standard InChI is InChI=1S/C31H37N5O3/c1-38-28-21-24(8-9-26(28)23-35-16-4-5-17-35)22-31(32)14-3-2-7-29(31)34-30(37)25-10-12-27(13-11-25)39-20-19-36-18-6-15-33-36/h2-3,6-15,18,21,29H,4-5,16-17,19-20,22-23,32H2,1H3,(H,34,37). The van der Waals surface area contributed by atoms with Crippen LogP contribution in [0.5, 0.6) is 11.5 Å². The van der Waals surface area contributed by atoms with E-state index in [0.717, 1.165) is 30.9 Å². The number of carbonyl (C=O) groups is 1. The fourth-order valence-corrected chi connectivity index (χ4v) is 5.23. The number of nitrogens with one attached hydrogen (secondary N) is 1. The second-order valence-corrected chi connectivity index (χ2v) is 10.3. The first-order valence-electron chi connectivity index (χ1n) is 13.6. The van der Waals surface area contributed by atoms with Gasteiger partial charge >= 0.3 is 0 Å². The summed E-state index contributed by atoms with van der Waals surface area (Å²) in [5, 5.41) is 7.29. The van der Waals surface area contributed by atoms with Gasteiger partial charge in [-0.3, -0.25) is 14.4 Å². The molecule has 204 valence electrons. The van der Waals surface area contributed by atoms with Crippen molar-refractivity contribution in [1.82, 2.24) is 20.0 Å². The van der Waals surface area contributed by atoms with Crippen LogP contribution in [0, 0.1) is 0 Å². The molecule has 2 unspecified atom stereocenters. The van der Waals surface area contributed by atoms with Crippen LogP contribution >= 0.6 is 0 Å². The molecule has 1 amide bonds. The average Bonchev–Trinajstić information content (AvgIpc) is 3.66. The summed E-state index contributed by atoms with van der Waals surface area (Å²) in [6.07, 6.45) is 14.5. The minimum atomic E-state index is -0.776. The number of rotatable bonds is 11. The van der Waals surface area contributed by atoms with Gasteiger partial charge in [0, 0.05) is 30.1 Å². The van der Waals surface area contributed by atoms with E-state index in [9.17, 15) is 4.79 Å². The van der Waals surface area contributed by atoms with E-state index in [2.05, 4.69) is 33.5 Å². The molecular formula is C31H37N5O3. The minimum Gasteiger partial charge on any atom is -0.496 e. The maximum Gasteiger partial charge on any atom is 0.251 e. The molecule has 1 aliphatic carbocycles. The predicted molar refractivity (Wildman–Crippen MR) is 152 cm³/mol. The third-order valence-electron chi connectivity index (χ3n) is 7.41. The number of amides is 1. The Bertz CT molecular complexity index is 1300. The zero-order valence-corrected chi connectivity index (χ0v) is 22.5. The molecule has 2 aromatic carbocycles. The van der Waals surface area contributed by atoms with Crippen LogP contribution in [0.3, 0.4) is 0 Å². The van der Waals surface area contributed by atoms with Gasteiger partial charge in [0.2, 0.25) is 0 Å². The molecule has 0 radical (unpaired) electrons. The van der Waals surface area contributed by atoms with Gasteiger partial charge in [0.05, 0.1) is 25.2 Å². The number of nitrogens with two attached hydrogens (primary N) is 1. The molecule has 1 saturated heterocycles. The number of nitrogens with zero attached hydrogens (tertiary/aromatic N) is 3. The van der Waals surface area contributed by atoms with Crippen LogP contribution in [0.4, 0.5) is 0 Å². The zero-order chi connectivity index (χ0) is 27.1. The fourth-order valence-electron chi connectivity index (χ4n) is 5.23. The molecule has 3 aromatic rings. The summed E-state index contributed by atoms with van der Waals surface area (Å²) in [5.41, 5.74) is 8.94. The quantitative estimate of drug-likeness (QED) is 0.395. The summed E-state index contributed by atoms with van der Waals surface area (Å²) in [5.74, 6) is 1.40. The van der Waals surface area contributed by atoms with E-state index in [1.165, 1.54) is 18.4 Å². The lowest BCUT2D eigenvalue weighted by Gasteiger charge is -2.36. The van der Waals surface area contributed by atoms with Gasteiger partial charge in [-0.15, -0.1) is 0 Å². The maximum absolute atomic E-state index is 13.1. The zero-order valence-electron chi connectivity index (χ0n) is 22.5. The largest absolute Gasteiger partial charge is 0.496 e. The lowest BCUT2D eigenvalue weighted by Crippen LogP contribution is -2.58. The molecule has 3 N–H and O–H groups in total. The smallest absolute Gasteiger partial charge is 0.251 e. The van der Waals surface area contributed by atoms with Crippen LogP contribution < -0.4 is 20.5 Å². The molecule has 2 atom stereocenters. The van der Waals surface area contributed by atoms with E-state index < -0.39 is 5.54 Å². The van der Waals surface area contributed by atoms with Gasteiger partial charge in [-0.25, -0.2) is 0 Å². The Morgan fingerprint density at radius 1 is 1.15 bits per heavy atom. The second kappa shape index (κ2) is 12.3. The molecule has 8 nitrogen and oxygen atoms in total. The molecule has 1 fully saturated rings. The lowest BCUT2D eigenvalue weighted by molar-refractivity contribution is 0.0932. The summed E-state index contributed by atoms with van der Waals surface area (Å²) in [6, 6.07) is 15.0. The lowest BCUT2D eigenvalue weighted by atomic mass is 9.81. The van der Waals surface area contributed by atoms with Gasteiger partial charge < -0.3 is 20.5 Å². The van der Waals surface area contributed by atoms with Crippen LogP contribution in [-0.4, -0.2) is 59.0 Å². The average molecular weight is 528 g/mol.